The molecule has 0 fully saturated rings. The first-order valence-electron chi connectivity index (χ1n) is 4.47. The normalized spacial score (nSPS) is 12.0. The molecule has 1 rings (SSSR count). The van der Waals surface area contributed by atoms with Crippen LogP contribution in [0.4, 0.5) is 0 Å². The molecular weight excluding hydrogens is 238 g/mol. The van der Waals surface area contributed by atoms with E-state index < -0.39 is 10.0 Å². The molecule has 0 aliphatic rings. The second-order valence-electron chi connectivity index (χ2n) is 3.12. The third-order valence-electron chi connectivity index (χ3n) is 2.15. The SMILES string of the molecule is CNS(=O)(=O)c1c(C)nn(CCCl)c1C. The quantitative estimate of drug-likeness (QED) is 0.799. The first-order valence-corrected chi connectivity index (χ1v) is 6.49. The van der Waals surface area contributed by atoms with Gasteiger partial charge in [0.05, 0.1) is 17.9 Å². The highest BCUT2D eigenvalue weighted by atomic mass is 35.5. The van der Waals surface area contributed by atoms with Crippen LogP contribution in [0.15, 0.2) is 4.90 Å². The molecule has 5 nitrogen and oxygen atoms in total. The summed E-state index contributed by atoms with van der Waals surface area (Å²) < 4.78 is 27.2. The number of aryl methyl sites for hydroxylation is 2. The largest absolute Gasteiger partial charge is 0.267 e. The molecule has 1 aromatic rings. The molecule has 0 spiro atoms. The molecule has 0 aliphatic heterocycles. The molecule has 0 aromatic carbocycles. The predicted molar refractivity (Wildman–Crippen MR) is 58.7 cm³/mol. The van der Waals surface area contributed by atoms with E-state index in [9.17, 15) is 8.42 Å². The maximum absolute atomic E-state index is 11.7. The number of rotatable bonds is 4. The average Bonchev–Trinajstić information content (AvgIpc) is 2.43. The van der Waals surface area contributed by atoms with E-state index in [4.69, 9.17) is 11.6 Å². The van der Waals surface area contributed by atoms with Gasteiger partial charge in [-0.2, -0.15) is 5.10 Å². The van der Waals surface area contributed by atoms with E-state index in [2.05, 4.69) is 9.82 Å². The summed E-state index contributed by atoms with van der Waals surface area (Å²) in [5.74, 6) is 0.404. The third-order valence-corrected chi connectivity index (χ3v) is 3.98. The van der Waals surface area contributed by atoms with Gasteiger partial charge in [-0.3, -0.25) is 4.68 Å². The van der Waals surface area contributed by atoms with Gasteiger partial charge in [-0.25, -0.2) is 13.1 Å². The summed E-state index contributed by atoms with van der Waals surface area (Å²) in [5, 5.41) is 4.13. The van der Waals surface area contributed by atoms with Gasteiger partial charge >= 0.3 is 0 Å². The van der Waals surface area contributed by atoms with Gasteiger partial charge in [0, 0.05) is 5.88 Å². The lowest BCUT2D eigenvalue weighted by Crippen LogP contribution is -2.20. The molecule has 0 bridgehead atoms. The lowest BCUT2D eigenvalue weighted by atomic mass is 10.4. The number of nitrogens with zero attached hydrogens (tertiary/aromatic N) is 2. The Hall–Kier alpha value is -0.590. The highest BCUT2D eigenvalue weighted by Gasteiger charge is 2.22. The zero-order valence-corrected chi connectivity index (χ0v) is 10.5. The van der Waals surface area contributed by atoms with Crippen LogP contribution in [0.1, 0.15) is 11.4 Å². The van der Waals surface area contributed by atoms with Gasteiger partial charge < -0.3 is 0 Å². The Kier molecular flexibility index (Phi) is 3.75. The topological polar surface area (TPSA) is 64.0 Å². The Bertz CT molecular complexity index is 453. The van der Waals surface area contributed by atoms with Crippen LogP contribution in [-0.4, -0.2) is 31.1 Å². The van der Waals surface area contributed by atoms with Crippen molar-refractivity contribution in [2.24, 2.45) is 0 Å². The van der Waals surface area contributed by atoms with E-state index in [0.717, 1.165) is 0 Å². The number of alkyl halides is 1. The minimum atomic E-state index is -3.43. The Morgan fingerprint density at radius 3 is 2.53 bits per heavy atom. The smallest absolute Gasteiger partial charge is 0.243 e. The standard InChI is InChI=1S/C8H14ClN3O2S/c1-6-8(15(13,14)10-3)7(2)12(11-6)5-4-9/h10H,4-5H2,1-3H3. The number of halogens is 1. The van der Waals surface area contributed by atoms with Crippen LogP contribution in [0.25, 0.3) is 0 Å². The Morgan fingerprint density at radius 1 is 1.47 bits per heavy atom. The molecular formula is C8H14ClN3O2S. The van der Waals surface area contributed by atoms with E-state index in [1.54, 1.807) is 18.5 Å². The molecule has 0 radical (unpaired) electrons. The van der Waals surface area contributed by atoms with Crippen LogP contribution in [0.5, 0.6) is 0 Å². The van der Waals surface area contributed by atoms with Crippen LogP contribution in [-0.2, 0) is 16.6 Å². The molecule has 1 heterocycles. The number of nitrogens with one attached hydrogen (secondary N) is 1. The molecule has 0 aliphatic carbocycles. The summed E-state index contributed by atoms with van der Waals surface area (Å²) in [5.41, 5.74) is 1.11. The summed E-state index contributed by atoms with van der Waals surface area (Å²) in [4.78, 5) is 0.245. The fourth-order valence-electron chi connectivity index (χ4n) is 1.47. The van der Waals surface area contributed by atoms with E-state index in [1.165, 1.54) is 7.05 Å². The van der Waals surface area contributed by atoms with Gasteiger partial charge in [-0.05, 0) is 20.9 Å². The fourth-order valence-corrected chi connectivity index (χ4v) is 2.76. The van der Waals surface area contributed by atoms with E-state index in [-0.39, 0.29) is 4.90 Å². The third kappa shape index (κ3) is 2.32. The first kappa shape index (κ1) is 12.5. The van der Waals surface area contributed by atoms with Crippen molar-refractivity contribution in [2.75, 3.05) is 12.9 Å². The first-order chi connectivity index (χ1) is 6.94. The molecule has 1 N–H and O–H groups in total. The van der Waals surface area contributed by atoms with Crippen LogP contribution < -0.4 is 4.72 Å². The number of hydrogen-bond donors (Lipinski definition) is 1. The Balaban J connectivity index is 3.32. The van der Waals surface area contributed by atoms with E-state index >= 15 is 0 Å². The molecule has 86 valence electrons. The second-order valence-corrected chi connectivity index (χ2v) is 5.32. The van der Waals surface area contributed by atoms with Gasteiger partial charge in [0.1, 0.15) is 4.90 Å². The van der Waals surface area contributed by atoms with Gasteiger partial charge in [-0.15, -0.1) is 11.6 Å². The summed E-state index contributed by atoms with van der Waals surface area (Å²) in [7, 11) is -2.05. The minimum Gasteiger partial charge on any atom is -0.267 e. The Morgan fingerprint density at radius 2 is 2.07 bits per heavy atom. The maximum atomic E-state index is 11.7. The van der Waals surface area contributed by atoms with Crippen molar-refractivity contribution in [1.29, 1.82) is 0 Å². The number of aromatic nitrogens is 2. The van der Waals surface area contributed by atoms with Crippen LogP contribution in [0, 0.1) is 13.8 Å². The highest BCUT2D eigenvalue weighted by molar-refractivity contribution is 7.89. The lowest BCUT2D eigenvalue weighted by molar-refractivity contribution is 0.585. The average molecular weight is 252 g/mol. The molecule has 0 atom stereocenters. The van der Waals surface area contributed by atoms with Crippen molar-refractivity contribution in [1.82, 2.24) is 14.5 Å². The minimum absolute atomic E-state index is 0.245. The molecule has 0 unspecified atom stereocenters. The predicted octanol–water partition coefficient (Wildman–Crippen LogP) is 0.647. The Labute approximate surface area is 94.5 Å². The number of hydrogen-bond acceptors (Lipinski definition) is 3. The van der Waals surface area contributed by atoms with Crippen molar-refractivity contribution >= 4 is 21.6 Å². The van der Waals surface area contributed by atoms with Crippen molar-refractivity contribution in [3.8, 4) is 0 Å². The summed E-state index contributed by atoms with van der Waals surface area (Å²) in [6, 6.07) is 0. The highest BCUT2D eigenvalue weighted by Crippen LogP contribution is 2.18. The molecule has 1 aromatic heterocycles. The van der Waals surface area contributed by atoms with E-state index in [1.807, 2.05) is 0 Å². The van der Waals surface area contributed by atoms with Gasteiger partial charge in [0.2, 0.25) is 10.0 Å². The van der Waals surface area contributed by atoms with Crippen molar-refractivity contribution in [3.63, 3.8) is 0 Å². The van der Waals surface area contributed by atoms with Gasteiger partial charge in [-0.1, -0.05) is 0 Å². The maximum Gasteiger partial charge on any atom is 0.243 e. The van der Waals surface area contributed by atoms with Crippen molar-refractivity contribution in [2.45, 2.75) is 25.3 Å². The van der Waals surface area contributed by atoms with E-state index in [0.29, 0.717) is 23.8 Å². The monoisotopic (exact) mass is 251 g/mol. The zero-order chi connectivity index (χ0) is 11.6. The molecule has 0 amide bonds. The van der Waals surface area contributed by atoms with Gasteiger partial charge in [0.25, 0.3) is 0 Å². The molecule has 7 heteroatoms. The lowest BCUT2D eigenvalue weighted by Gasteiger charge is -2.03. The molecule has 15 heavy (non-hydrogen) atoms. The fraction of sp³-hybridized carbons (Fsp3) is 0.625. The van der Waals surface area contributed by atoms with Crippen molar-refractivity contribution < 1.29 is 8.42 Å². The second kappa shape index (κ2) is 4.51. The zero-order valence-electron chi connectivity index (χ0n) is 8.91. The van der Waals surface area contributed by atoms with Crippen LogP contribution in [0.2, 0.25) is 0 Å². The summed E-state index contributed by atoms with van der Waals surface area (Å²) in [6.07, 6.45) is 0. The molecule has 0 saturated carbocycles. The van der Waals surface area contributed by atoms with Crippen molar-refractivity contribution in [3.05, 3.63) is 11.4 Å². The summed E-state index contributed by atoms with van der Waals surface area (Å²) in [6.45, 7) is 3.90. The molecule has 0 saturated heterocycles. The van der Waals surface area contributed by atoms with Crippen LogP contribution in [0.3, 0.4) is 0 Å². The summed E-state index contributed by atoms with van der Waals surface area (Å²) >= 11 is 5.59. The number of sulfonamides is 1. The van der Waals surface area contributed by atoms with Crippen LogP contribution >= 0.6 is 11.6 Å². The van der Waals surface area contributed by atoms with Gasteiger partial charge in [0.15, 0.2) is 0 Å².